The van der Waals surface area contributed by atoms with Crippen LogP contribution in [0.1, 0.15) is 44.8 Å². The molecule has 5 nitrogen and oxygen atoms in total. The molecule has 2 rings (SSSR count). The Bertz CT molecular complexity index is 358. The standard InChI is InChI=1S/C11H19N3O2/c1-10(2,12)7-8-13-9(14-16-8)11(15-3)5-4-6-11/h4-7,12H2,1-3H3. The number of hydrogen-bond acceptors (Lipinski definition) is 5. The third-order valence-corrected chi connectivity index (χ3v) is 3.03. The van der Waals surface area contributed by atoms with Crippen molar-refractivity contribution in [2.45, 2.75) is 50.7 Å². The van der Waals surface area contributed by atoms with Crippen LogP contribution in [0.3, 0.4) is 0 Å². The van der Waals surface area contributed by atoms with Crippen LogP contribution in [0.25, 0.3) is 0 Å². The molecule has 0 unspecified atom stereocenters. The Labute approximate surface area is 95.3 Å². The number of nitrogens with two attached hydrogens (primary N) is 1. The topological polar surface area (TPSA) is 74.2 Å². The van der Waals surface area contributed by atoms with Crippen molar-refractivity contribution < 1.29 is 9.26 Å². The molecule has 0 bridgehead atoms. The second kappa shape index (κ2) is 3.82. The van der Waals surface area contributed by atoms with Gasteiger partial charge in [0.05, 0.1) is 0 Å². The van der Waals surface area contributed by atoms with E-state index in [4.69, 9.17) is 15.0 Å². The maximum absolute atomic E-state index is 5.91. The van der Waals surface area contributed by atoms with Gasteiger partial charge in [0.25, 0.3) is 0 Å². The van der Waals surface area contributed by atoms with Gasteiger partial charge in [-0.15, -0.1) is 0 Å². The first-order valence-electron chi connectivity index (χ1n) is 5.62. The maximum Gasteiger partial charge on any atom is 0.228 e. The molecule has 0 radical (unpaired) electrons. The van der Waals surface area contributed by atoms with Crippen molar-refractivity contribution in [1.82, 2.24) is 10.1 Å². The molecule has 90 valence electrons. The molecular weight excluding hydrogens is 206 g/mol. The van der Waals surface area contributed by atoms with E-state index in [9.17, 15) is 0 Å². The predicted octanol–water partition coefficient (Wildman–Crippen LogP) is 1.37. The number of nitrogens with zero attached hydrogens (tertiary/aromatic N) is 2. The summed E-state index contributed by atoms with van der Waals surface area (Å²) in [5.74, 6) is 1.26. The van der Waals surface area contributed by atoms with Gasteiger partial charge in [-0.3, -0.25) is 0 Å². The van der Waals surface area contributed by atoms with Crippen LogP contribution in [-0.2, 0) is 16.8 Å². The Hall–Kier alpha value is -0.940. The molecular formula is C11H19N3O2. The van der Waals surface area contributed by atoms with Crippen LogP contribution in [0.4, 0.5) is 0 Å². The van der Waals surface area contributed by atoms with Crippen molar-refractivity contribution in [2.75, 3.05) is 7.11 Å². The summed E-state index contributed by atoms with van der Waals surface area (Å²) in [6.45, 7) is 3.87. The largest absolute Gasteiger partial charge is 0.370 e. The fourth-order valence-corrected chi connectivity index (χ4v) is 1.92. The predicted molar refractivity (Wildman–Crippen MR) is 58.8 cm³/mol. The first-order valence-corrected chi connectivity index (χ1v) is 5.62. The average molecular weight is 225 g/mol. The number of methoxy groups -OCH3 is 1. The van der Waals surface area contributed by atoms with Gasteiger partial charge in [-0.2, -0.15) is 4.98 Å². The fraction of sp³-hybridized carbons (Fsp3) is 0.818. The highest BCUT2D eigenvalue weighted by molar-refractivity contribution is 5.07. The molecule has 0 saturated heterocycles. The number of hydrogen-bond donors (Lipinski definition) is 1. The Balaban J connectivity index is 2.13. The quantitative estimate of drug-likeness (QED) is 0.837. The Kier molecular flexibility index (Phi) is 2.75. The molecule has 16 heavy (non-hydrogen) atoms. The molecule has 1 fully saturated rings. The molecule has 1 saturated carbocycles. The van der Waals surface area contributed by atoms with Gasteiger partial charge in [0.1, 0.15) is 5.60 Å². The van der Waals surface area contributed by atoms with Crippen molar-refractivity contribution in [3.05, 3.63) is 11.7 Å². The monoisotopic (exact) mass is 225 g/mol. The van der Waals surface area contributed by atoms with Crippen LogP contribution in [0.15, 0.2) is 4.52 Å². The minimum Gasteiger partial charge on any atom is -0.370 e. The third-order valence-electron chi connectivity index (χ3n) is 3.03. The summed E-state index contributed by atoms with van der Waals surface area (Å²) in [5.41, 5.74) is 5.27. The molecule has 0 atom stereocenters. The van der Waals surface area contributed by atoms with E-state index in [1.165, 1.54) is 0 Å². The van der Waals surface area contributed by atoms with Crippen molar-refractivity contribution in [3.63, 3.8) is 0 Å². The van der Waals surface area contributed by atoms with E-state index in [-0.39, 0.29) is 11.1 Å². The molecule has 5 heteroatoms. The zero-order valence-electron chi connectivity index (χ0n) is 10.1. The lowest BCUT2D eigenvalue weighted by atomic mass is 9.79. The second-order valence-electron chi connectivity index (χ2n) is 5.23. The van der Waals surface area contributed by atoms with Crippen LogP contribution in [0.2, 0.25) is 0 Å². The molecule has 1 aliphatic carbocycles. The van der Waals surface area contributed by atoms with Gasteiger partial charge in [-0.1, -0.05) is 5.16 Å². The molecule has 0 amide bonds. The van der Waals surface area contributed by atoms with Crippen molar-refractivity contribution in [2.24, 2.45) is 5.73 Å². The summed E-state index contributed by atoms with van der Waals surface area (Å²) in [6.07, 6.45) is 3.67. The minimum atomic E-state index is -0.330. The first kappa shape index (κ1) is 11.5. The number of ether oxygens (including phenoxy) is 1. The van der Waals surface area contributed by atoms with E-state index in [0.717, 1.165) is 19.3 Å². The van der Waals surface area contributed by atoms with Crippen LogP contribution in [0.5, 0.6) is 0 Å². The van der Waals surface area contributed by atoms with Gasteiger partial charge in [-0.05, 0) is 33.1 Å². The van der Waals surface area contributed by atoms with Gasteiger partial charge in [0.2, 0.25) is 11.7 Å². The summed E-state index contributed by atoms with van der Waals surface area (Å²) in [5, 5.41) is 4.00. The highest BCUT2D eigenvalue weighted by Gasteiger charge is 2.43. The molecule has 1 heterocycles. The van der Waals surface area contributed by atoms with Gasteiger partial charge >= 0.3 is 0 Å². The van der Waals surface area contributed by atoms with E-state index in [0.29, 0.717) is 18.1 Å². The second-order valence-corrected chi connectivity index (χ2v) is 5.23. The molecule has 1 aromatic rings. The number of aromatic nitrogens is 2. The fourth-order valence-electron chi connectivity index (χ4n) is 1.92. The zero-order valence-corrected chi connectivity index (χ0v) is 10.1. The van der Waals surface area contributed by atoms with Crippen LogP contribution < -0.4 is 5.73 Å². The Morgan fingerprint density at radius 1 is 1.50 bits per heavy atom. The van der Waals surface area contributed by atoms with E-state index in [1.54, 1.807) is 7.11 Å². The van der Waals surface area contributed by atoms with E-state index in [1.807, 2.05) is 13.8 Å². The molecule has 2 N–H and O–H groups in total. The summed E-state index contributed by atoms with van der Waals surface area (Å²) in [4.78, 5) is 4.38. The van der Waals surface area contributed by atoms with E-state index >= 15 is 0 Å². The number of rotatable bonds is 4. The molecule has 0 aromatic carbocycles. The summed E-state index contributed by atoms with van der Waals surface area (Å²) >= 11 is 0. The molecule has 1 aliphatic rings. The van der Waals surface area contributed by atoms with Gasteiger partial charge in [0, 0.05) is 19.1 Å². The van der Waals surface area contributed by atoms with Gasteiger partial charge < -0.3 is 15.0 Å². The summed E-state index contributed by atoms with van der Waals surface area (Å²) in [7, 11) is 1.70. The SMILES string of the molecule is COC1(c2noc(CC(C)(C)N)n2)CCC1. The van der Waals surface area contributed by atoms with Crippen LogP contribution >= 0.6 is 0 Å². The lowest BCUT2D eigenvalue weighted by Gasteiger charge is -2.37. The molecule has 0 spiro atoms. The maximum atomic E-state index is 5.91. The lowest BCUT2D eigenvalue weighted by molar-refractivity contribution is -0.0858. The van der Waals surface area contributed by atoms with E-state index < -0.39 is 0 Å². The van der Waals surface area contributed by atoms with Crippen molar-refractivity contribution in [1.29, 1.82) is 0 Å². The summed E-state index contributed by atoms with van der Waals surface area (Å²) in [6, 6.07) is 0. The highest BCUT2D eigenvalue weighted by Crippen LogP contribution is 2.42. The van der Waals surface area contributed by atoms with E-state index in [2.05, 4.69) is 10.1 Å². The smallest absolute Gasteiger partial charge is 0.228 e. The van der Waals surface area contributed by atoms with Crippen LogP contribution in [0, 0.1) is 0 Å². The van der Waals surface area contributed by atoms with Crippen molar-refractivity contribution >= 4 is 0 Å². The van der Waals surface area contributed by atoms with Gasteiger partial charge in [0.15, 0.2) is 0 Å². The van der Waals surface area contributed by atoms with Crippen LogP contribution in [-0.4, -0.2) is 22.8 Å². The summed E-state index contributed by atoms with van der Waals surface area (Å²) < 4.78 is 10.7. The Morgan fingerprint density at radius 2 is 2.19 bits per heavy atom. The lowest BCUT2D eigenvalue weighted by Crippen LogP contribution is -2.37. The average Bonchev–Trinajstić information content (AvgIpc) is 2.49. The Morgan fingerprint density at radius 3 is 2.62 bits per heavy atom. The van der Waals surface area contributed by atoms with Gasteiger partial charge in [-0.25, -0.2) is 0 Å². The third kappa shape index (κ3) is 2.10. The van der Waals surface area contributed by atoms with Crippen molar-refractivity contribution in [3.8, 4) is 0 Å². The normalized spacial score (nSPS) is 19.5. The molecule has 0 aliphatic heterocycles. The highest BCUT2D eigenvalue weighted by atomic mass is 16.5. The zero-order chi connectivity index (χ0) is 11.8. The minimum absolute atomic E-state index is 0.305. The first-order chi connectivity index (χ1) is 7.45. The molecule has 1 aromatic heterocycles.